The summed E-state index contributed by atoms with van der Waals surface area (Å²) >= 11 is 4.75. The number of nitrogens with one attached hydrogen (secondary N) is 1. The van der Waals surface area contributed by atoms with Gasteiger partial charge in [-0.2, -0.15) is 11.3 Å². The molecule has 2 heterocycles. The number of barbiturate groups is 1. The van der Waals surface area contributed by atoms with E-state index in [9.17, 15) is 14.4 Å². The summed E-state index contributed by atoms with van der Waals surface area (Å²) in [6, 6.07) is 7.78. The van der Waals surface area contributed by atoms with Crippen molar-refractivity contribution in [3.05, 3.63) is 56.7 Å². The molecule has 1 aromatic carbocycles. The number of nitrogens with zero attached hydrogens (tertiary/aromatic N) is 1. The summed E-state index contributed by atoms with van der Waals surface area (Å²) in [5, 5.41) is 5.84. The highest BCUT2D eigenvalue weighted by Crippen LogP contribution is 2.24. The molecule has 22 heavy (non-hydrogen) atoms. The summed E-state index contributed by atoms with van der Waals surface area (Å²) in [5.41, 5.74) is 1.06. The lowest BCUT2D eigenvalue weighted by Crippen LogP contribution is -2.54. The van der Waals surface area contributed by atoms with E-state index in [0.29, 0.717) is 5.69 Å². The Bertz CT molecular complexity index is 799. The Hall–Kier alpha value is -2.25. The molecule has 3 rings (SSSR count). The molecule has 0 bridgehead atoms. The Kier molecular flexibility index (Phi) is 3.91. The molecule has 2 aromatic rings. The third-order valence-corrected chi connectivity index (χ3v) is 4.22. The molecule has 7 heteroatoms. The van der Waals surface area contributed by atoms with Crippen LogP contribution in [0.4, 0.5) is 10.5 Å². The molecule has 4 amide bonds. The third kappa shape index (κ3) is 2.72. The van der Waals surface area contributed by atoms with Crippen molar-refractivity contribution in [1.29, 1.82) is 0 Å². The van der Waals surface area contributed by atoms with Crippen LogP contribution in [0.15, 0.2) is 51.1 Å². The van der Waals surface area contributed by atoms with Gasteiger partial charge in [-0.25, -0.2) is 9.69 Å². The first-order chi connectivity index (χ1) is 10.6. The maximum Gasteiger partial charge on any atom is 0.335 e. The van der Waals surface area contributed by atoms with Gasteiger partial charge >= 0.3 is 6.03 Å². The van der Waals surface area contributed by atoms with Crippen molar-refractivity contribution in [1.82, 2.24) is 5.32 Å². The van der Waals surface area contributed by atoms with Crippen LogP contribution in [-0.2, 0) is 9.59 Å². The molecule has 1 N–H and O–H groups in total. The summed E-state index contributed by atoms with van der Waals surface area (Å²) in [6.45, 7) is 0. The highest BCUT2D eigenvalue weighted by molar-refractivity contribution is 9.10. The van der Waals surface area contributed by atoms with Crippen LogP contribution in [0.5, 0.6) is 0 Å². The fraction of sp³-hybridized carbons (Fsp3) is 0. The smallest absolute Gasteiger partial charge is 0.273 e. The molecule has 0 spiro atoms. The van der Waals surface area contributed by atoms with Crippen LogP contribution in [0, 0.1) is 0 Å². The predicted molar refractivity (Wildman–Crippen MR) is 87.5 cm³/mol. The molecule has 0 radical (unpaired) electrons. The van der Waals surface area contributed by atoms with E-state index in [4.69, 9.17) is 0 Å². The van der Waals surface area contributed by atoms with Crippen molar-refractivity contribution in [3.63, 3.8) is 0 Å². The minimum absolute atomic E-state index is 0.0713. The first-order valence-corrected chi connectivity index (χ1v) is 7.99. The molecular weight excluding hydrogens is 368 g/mol. The lowest BCUT2D eigenvalue weighted by Gasteiger charge is -2.26. The first kappa shape index (κ1) is 14.7. The van der Waals surface area contributed by atoms with Gasteiger partial charge < -0.3 is 0 Å². The number of imide groups is 2. The zero-order valence-electron chi connectivity index (χ0n) is 11.1. The first-order valence-electron chi connectivity index (χ1n) is 6.25. The highest BCUT2D eigenvalue weighted by atomic mass is 79.9. The van der Waals surface area contributed by atoms with Crippen molar-refractivity contribution >= 4 is 56.9 Å². The molecule has 1 aliphatic rings. The van der Waals surface area contributed by atoms with Gasteiger partial charge in [0.1, 0.15) is 5.57 Å². The number of anilines is 1. The minimum Gasteiger partial charge on any atom is -0.273 e. The number of hydrogen-bond acceptors (Lipinski definition) is 4. The average Bonchev–Trinajstić information content (AvgIpc) is 2.96. The molecular formula is C15H9BrN2O3S. The largest absolute Gasteiger partial charge is 0.335 e. The normalized spacial score (nSPS) is 17.0. The number of amides is 4. The maximum atomic E-state index is 12.5. The number of thiophene rings is 1. The van der Waals surface area contributed by atoms with Crippen molar-refractivity contribution in [2.75, 3.05) is 4.90 Å². The fourth-order valence-corrected chi connectivity index (χ4v) is 3.04. The number of carbonyl (C=O) groups is 3. The van der Waals surface area contributed by atoms with Gasteiger partial charge in [0.25, 0.3) is 11.8 Å². The maximum absolute atomic E-state index is 12.5. The van der Waals surface area contributed by atoms with Crippen LogP contribution in [-0.4, -0.2) is 17.8 Å². The number of halogens is 1. The fourth-order valence-electron chi connectivity index (χ4n) is 2.03. The molecule has 0 atom stereocenters. The Labute approximate surface area is 138 Å². The van der Waals surface area contributed by atoms with E-state index in [2.05, 4.69) is 21.2 Å². The highest BCUT2D eigenvalue weighted by Gasteiger charge is 2.36. The Morgan fingerprint density at radius 2 is 2.00 bits per heavy atom. The summed E-state index contributed by atoms with van der Waals surface area (Å²) in [5.74, 6) is -1.33. The number of rotatable bonds is 2. The lowest BCUT2D eigenvalue weighted by atomic mass is 10.1. The molecule has 5 nitrogen and oxygen atoms in total. The van der Waals surface area contributed by atoms with Crippen molar-refractivity contribution in [2.45, 2.75) is 0 Å². The van der Waals surface area contributed by atoms with Crippen LogP contribution in [0.2, 0.25) is 0 Å². The molecule has 0 aliphatic carbocycles. The van der Waals surface area contributed by atoms with E-state index < -0.39 is 17.8 Å². The number of carbonyl (C=O) groups excluding carboxylic acids is 3. The summed E-state index contributed by atoms with van der Waals surface area (Å²) in [6.07, 6.45) is 1.48. The average molecular weight is 377 g/mol. The van der Waals surface area contributed by atoms with Gasteiger partial charge in [-0.1, -0.05) is 22.0 Å². The van der Waals surface area contributed by atoms with Gasteiger partial charge in [-0.15, -0.1) is 0 Å². The lowest BCUT2D eigenvalue weighted by molar-refractivity contribution is -0.122. The second-order valence-electron chi connectivity index (χ2n) is 4.49. The molecule has 0 saturated carbocycles. The Balaban J connectivity index is 2.03. The van der Waals surface area contributed by atoms with Crippen LogP contribution in [0.25, 0.3) is 6.08 Å². The van der Waals surface area contributed by atoms with Gasteiger partial charge in [0.15, 0.2) is 0 Å². The quantitative estimate of drug-likeness (QED) is 0.646. The van der Waals surface area contributed by atoms with Crippen molar-refractivity contribution in [2.24, 2.45) is 0 Å². The standard InChI is InChI=1S/C15H9BrN2O3S/c16-10-2-1-3-11(7-10)18-14(20)12(13(19)17-15(18)21)6-9-4-5-22-8-9/h1-8H,(H,17,19,21). The predicted octanol–water partition coefficient (Wildman–Crippen LogP) is 3.18. The van der Waals surface area contributed by atoms with E-state index in [-0.39, 0.29) is 5.57 Å². The van der Waals surface area contributed by atoms with Gasteiger partial charge in [-0.3, -0.25) is 14.9 Å². The van der Waals surface area contributed by atoms with Crippen LogP contribution in [0.1, 0.15) is 5.56 Å². The Morgan fingerprint density at radius 3 is 2.68 bits per heavy atom. The second-order valence-corrected chi connectivity index (χ2v) is 6.19. The second kappa shape index (κ2) is 5.86. The molecule has 0 unspecified atom stereocenters. The van der Waals surface area contributed by atoms with Gasteiger partial charge in [-0.05, 0) is 46.7 Å². The van der Waals surface area contributed by atoms with Crippen LogP contribution >= 0.6 is 27.3 Å². The Morgan fingerprint density at radius 1 is 1.18 bits per heavy atom. The molecule has 1 saturated heterocycles. The minimum atomic E-state index is -0.754. The number of benzene rings is 1. The molecule has 1 aromatic heterocycles. The number of urea groups is 1. The topological polar surface area (TPSA) is 66.5 Å². The summed E-state index contributed by atoms with van der Waals surface area (Å²) < 4.78 is 0.728. The summed E-state index contributed by atoms with van der Waals surface area (Å²) in [4.78, 5) is 37.4. The van der Waals surface area contributed by atoms with Gasteiger partial charge in [0.2, 0.25) is 0 Å². The molecule has 1 fully saturated rings. The summed E-state index contributed by atoms with van der Waals surface area (Å²) in [7, 11) is 0. The third-order valence-electron chi connectivity index (χ3n) is 3.02. The number of hydrogen-bond donors (Lipinski definition) is 1. The van der Waals surface area contributed by atoms with Gasteiger partial charge in [0, 0.05) is 4.47 Å². The molecule has 110 valence electrons. The van der Waals surface area contributed by atoms with E-state index in [1.165, 1.54) is 17.4 Å². The zero-order chi connectivity index (χ0) is 15.7. The van der Waals surface area contributed by atoms with Gasteiger partial charge in [0.05, 0.1) is 5.69 Å². The van der Waals surface area contributed by atoms with Crippen molar-refractivity contribution < 1.29 is 14.4 Å². The van der Waals surface area contributed by atoms with E-state index in [1.807, 2.05) is 10.8 Å². The van der Waals surface area contributed by atoms with E-state index >= 15 is 0 Å². The zero-order valence-corrected chi connectivity index (χ0v) is 13.5. The monoisotopic (exact) mass is 376 g/mol. The SMILES string of the molecule is O=C1NC(=O)N(c2cccc(Br)c2)C(=O)C1=Cc1ccsc1. The van der Waals surface area contributed by atoms with Crippen LogP contribution < -0.4 is 10.2 Å². The van der Waals surface area contributed by atoms with Crippen molar-refractivity contribution in [3.8, 4) is 0 Å². The molecule has 1 aliphatic heterocycles. The van der Waals surface area contributed by atoms with E-state index in [0.717, 1.165) is 14.9 Å². The van der Waals surface area contributed by atoms with Crippen LogP contribution in [0.3, 0.4) is 0 Å². The van der Waals surface area contributed by atoms with E-state index in [1.54, 1.807) is 30.3 Å².